The second-order valence-corrected chi connectivity index (χ2v) is 3.70. The van der Waals surface area contributed by atoms with E-state index in [-0.39, 0.29) is 0 Å². The zero-order valence-electron chi connectivity index (χ0n) is 5.30. The largest absolute Gasteiger partial charge is 0.149 e. The second kappa shape index (κ2) is 3.37. The number of hydrogen-bond donors (Lipinski definition) is 0. The van der Waals surface area contributed by atoms with Crippen LogP contribution in [0.2, 0.25) is 0 Å². The van der Waals surface area contributed by atoms with Crippen LogP contribution in [0, 0.1) is 0 Å². The number of thiophene rings is 1. The Hall–Kier alpha value is 0.180. The molecule has 1 rings (SSSR count). The van der Waals surface area contributed by atoms with Crippen molar-refractivity contribution in [3.63, 3.8) is 0 Å². The highest BCUT2D eigenvalue weighted by Crippen LogP contribution is 2.21. The summed E-state index contributed by atoms with van der Waals surface area (Å²) >= 11 is 5.27. The molecule has 0 aliphatic carbocycles. The van der Waals surface area contributed by atoms with E-state index < -0.39 is 0 Å². The van der Waals surface area contributed by atoms with E-state index in [0.717, 1.165) is 5.33 Å². The second-order valence-electron chi connectivity index (χ2n) is 2.07. The first-order valence-electron chi connectivity index (χ1n) is 2.94. The van der Waals surface area contributed by atoms with Crippen LogP contribution >= 0.6 is 27.3 Å². The minimum Gasteiger partial charge on any atom is -0.149 e. The average Bonchev–Trinajstić information content (AvgIpc) is 2.37. The van der Waals surface area contributed by atoms with Crippen molar-refractivity contribution in [3.8, 4) is 0 Å². The molecule has 0 bridgehead atoms. The Labute approximate surface area is 68.0 Å². The quantitative estimate of drug-likeness (QED) is 0.650. The van der Waals surface area contributed by atoms with Crippen LogP contribution in [-0.4, -0.2) is 5.33 Å². The summed E-state index contributed by atoms with van der Waals surface area (Å²) < 4.78 is 0. The monoisotopic (exact) mass is 204 g/mol. The third kappa shape index (κ3) is 1.80. The molecule has 1 unspecified atom stereocenters. The van der Waals surface area contributed by atoms with Crippen molar-refractivity contribution in [2.75, 3.05) is 5.33 Å². The van der Waals surface area contributed by atoms with E-state index in [2.05, 4.69) is 40.4 Å². The van der Waals surface area contributed by atoms with Gasteiger partial charge in [-0.25, -0.2) is 0 Å². The predicted octanol–water partition coefficient (Wildman–Crippen LogP) is 3.25. The normalized spacial score (nSPS) is 13.6. The van der Waals surface area contributed by atoms with Crippen molar-refractivity contribution in [2.24, 2.45) is 0 Å². The highest BCUT2D eigenvalue weighted by molar-refractivity contribution is 9.09. The summed E-state index contributed by atoms with van der Waals surface area (Å²) in [5.74, 6) is 0.671. The number of hydrogen-bond acceptors (Lipinski definition) is 1. The summed E-state index contributed by atoms with van der Waals surface area (Å²) in [5, 5.41) is 3.18. The maximum absolute atomic E-state index is 3.44. The minimum absolute atomic E-state index is 0.671. The van der Waals surface area contributed by atoms with Crippen LogP contribution < -0.4 is 0 Å². The molecule has 1 aromatic rings. The zero-order chi connectivity index (χ0) is 6.69. The number of alkyl halides is 1. The third-order valence-corrected chi connectivity index (χ3v) is 3.34. The van der Waals surface area contributed by atoms with Gasteiger partial charge in [0, 0.05) is 16.1 Å². The van der Waals surface area contributed by atoms with Gasteiger partial charge in [-0.2, -0.15) is 0 Å². The maximum atomic E-state index is 3.44. The molecule has 0 saturated heterocycles. The summed E-state index contributed by atoms with van der Waals surface area (Å²) in [5.41, 5.74) is 0. The van der Waals surface area contributed by atoms with E-state index >= 15 is 0 Å². The molecule has 0 nitrogen and oxygen atoms in total. The topological polar surface area (TPSA) is 0 Å². The molecule has 0 radical (unpaired) electrons. The van der Waals surface area contributed by atoms with Crippen molar-refractivity contribution in [1.29, 1.82) is 0 Å². The summed E-state index contributed by atoms with van der Waals surface area (Å²) in [6, 6.07) is 4.27. The van der Waals surface area contributed by atoms with Gasteiger partial charge in [0.05, 0.1) is 0 Å². The summed E-state index contributed by atoms with van der Waals surface area (Å²) in [6.07, 6.45) is 0. The smallest absolute Gasteiger partial charge is 0.0105 e. The molecule has 0 saturated carbocycles. The third-order valence-electron chi connectivity index (χ3n) is 1.26. The number of halogens is 1. The Morgan fingerprint density at radius 2 is 2.56 bits per heavy atom. The lowest BCUT2D eigenvalue weighted by molar-refractivity contribution is 0.912. The first-order valence-corrected chi connectivity index (χ1v) is 4.94. The van der Waals surface area contributed by atoms with Crippen LogP contribution in [0.4, 0.5) is 0 Å². The van der Waals surface area contributed by atoms with Crippen LogP contribution in [0.1, 0.15) is 17.7 Å². The van der Waals surface area contributed by atoms with Crippen LogP contribution in [0.15, 0.2) is 17.5 Å². The number of rotatable bonds is 2. The van der Waals surface area contributed by atoms with Crippen molar-refractivity contribution < 1.29 is 0 Å². The fourth-order valence-corrected chi connectivity index (χ4v) is 2.00. The molecule has 9 heavy (non-hydrogen) atoms. The Balaban J connectivity index is 2.65. The molecule has 1 aromatic heterocycles. The Morgan fingerprint density at radius 3 is 3.00 bits per heavy atom. The molecule has 50 valence electrons. The molecule has 0 aromatic carbocycles. The van der Waals surface area contributed by atoms with Gasteiger partial charge < -0.3 is 0 Å². The first kappa shape index (κ1) is 7.29. The highest BCUT2D eigenvalue weighted by Gasteiger charge is 2.01. The lowest BCUT2D eigenvalue weighted by Crippen LogP contribution is -1.88. The van der Waals surface area contributed by atoms with Crippen LogP contribution in [-0.2, 0) is 0 Å². The SMILES string of the molecule is CC(CBr)c1cccs1. The van der Waals surface area contributed by atoms with Crippen molar-refractivity contribution in [2.45, 2.75) is 12.8 Å². The lowest BCUT2D eigenvalue weighted by atomic mass is 10.2. The van der Waals surface area contributed by atoms with Gasteiger partial charge in [-0.05, 0) is 11.4 Å². The van der Waals surface area contributed by atoms with E-state index in [0.29, 0.717) is 5.92 Å². The van der Waals surface area contributed by atoms with Gasteiger partial charge in [0.15, 0.2) is 0 Å². The molecule has 0 aliphatic heterocycles. The fraction of sp³-hybridized carbons (Fsp3) is 0.429. The highest BCUT2D eigenvalue weighted by atomic mass is 79.9. The molecular formula is C7H9BrS. The van der Waals surface area contributed by atoms with Gasteiger partial charge in [-0.3, -0.25) is 0 Å². The molecular weight excluding hydrogens is 196 g/mol. The fourth-order valence-electron chi connectivity index (χ4n) is 0.648. The van der Waals surface area contributed by atoms with E-state index in [4.69, 9.17) is 0 Å². The predicted molar refractivity (Wildman–Crippen MR) is 46.5 cm³/mol. The average molecular weight is 205 g/mol. The van der Waals surface area contributed by atoms with E-state index in [1.807, 2.05) is 11.3 Å². The van der Waals surface area contributed by atoms with E-state index in [9.17, 15) is 0 Å². The Bertz CT molecular complexity index is 157. The Morgan fingerprint density at radius 1 is 1.78 bits per heavy atom. The lowest BCUT2D eigenvalue weighted by Gasteiger charge is -2.00. The maximum Gasteiger partial charge on any atom is 0.0105 e. The van der Waals surface area contributed by atoms with Crippen molar-refractivity contribution >= 4 is 27.3 Å². The van der Waals surface area contributed by atoms with E-state index in [1.165, 1.54) is 4.88 Å². The zero-order valence-corrected chi connectivity index (χ0v) is 7.71. The van der Waals surface area contributed by atoms with Gasteiger partial charge in [0.2, 0.25) is 0 Å². The molecule has 0 N–H and O–H groups in total. The van der Waals surface area contributed by atoms with Gasteiger partial charge in [-0.1, -0.05) is 28.9 Å². The van der Waals surface area contributed by atoms with Crippen LogP contribution in [0.3, 0.4) is 0 Å². The van der Waals surface area contributed by atoms with Gasteiger partial charge in [0.25, 0.3) is 0 Å². The molecule has 0 spiro atoms. The van der Waals surface area contributed by atoms with Crippen LogP contribution in [0.25, 0.3) is 0 Å². The summed E-state index contributed by atoms with van der Waals surface area (Å²) in [4.78, 5) is 1.46. The molecule has 0 amide bonds. The standard InChI is InChI=1S/C7H9BrS/c1-6(5-8)7-3-2-4-9-7/h2-4,6H,5H2,1H3. The van der Waals surface area contributed by atoms with E-state index in [1.54, 1.807) is 0 Å². The summed E-state index contributed by atoms with van der Waals surface area (Å²) in [6.45, 7) is 2.22. The van der Waals surface area contributed by atoms with Gasteiger partial charge in [-0.15, -0.1) is 11.3 Å². The van der Waals surface area contributed by atoms with Gasteiger partial charge >= 0.3 is 0 Å². The Kier molecular flexibility index (Phi) is 2.73. The first-order chi connectivity index (χ1) is 4.34. The van der Waals surface area contributed by atoms with Crippen molar-refractivity contribution in [3.05, 3.63) is 22.4 Å². The van der Waals surface area contributed by atoms with Crippen LogP contribution in [0.5, 0.6) is 0 Å². The molecule has 0 aliphatic rings. The molecule has 1 heterocycles. The molecule has 2 heteroatoms. The van der Waals surface area contributed by atoms with Gasteiger partial charge in [0.1, 0.15) is 0 Å². The molecule has 1 atom stereocenters. The van der Waals surface area contributed by atoms with Crippen molar-refractivity contribution in [1.82, 2.24) is 0 Å². The minimum atomic E-state index is 0.671. The molecule has 0 fully saturated rings. The summed E-state index contributed by atoms with van der Waals surface area (Å²) in [7, 11) is 0.